The Bertz CT molecular complexity index is 1440. The molecule has 1 aromatic heterocycles. The van der Waals surface area contributed by atoms with E-state index in [1.165, 1.54) is 36.7 Å². The number of amides is 1. The molecule has 0 spiro atoms. The number of rotatable bonds is 8. The third kappa shape index (κ3) is 5.49. The van der Waals surface area contributed by atoms with Gasteiger partial charge in [0.15, 0.2) is 17.5 Å². The van der Waals surface area contributed by atoms with Crippen LogP contribution in [0, 0.1) is 33.4 Å². The zero-order valence-electron chi connectivity index (χ0n) is 18.3. The van der Waals surface area contributed by atoms with Crippen LogP contribution in [0.3, 0.4) is 0 Å². The van der Waals surface area contributed by atoms with Crippen molar-refractivity contribution in [1.29, 1.82) is 0 Å². The summed E-state index contributed by atoms with van der Waals surface area (Å²) in [5.74, 6) is -6.43. The number of hydrogen-bond acceptors (Lipinski definition) is 5. The smallest absolute Gasteiger partial charge is 0.269 e. The van der Waals surface area contributed by atoms with E-state index in [-0.39, 0.29) is 29.6 Å². The molecule has 0 bridgehead atoms. The van der Waals surface area contributed by atoms with E-state index in [9.17, 15) is 32.5 Å². The maximum Gasteiger partial charge on any atom is 0.269 e. The van der Waals surface area contributed by atoms with Gasteiger partial charge in [0.05, 0.1) is 23.4 Å². The third-order valence-corrected chi connectivity index (χ3v) is 5.06. The van der Waals surface area contributed by atoms with Gasteiger partial charge >= 0.3 is 0 Å². The topological polar surface area (TPSA) is 99.3 Å². The number of anilines is 1. The molecule has 1 amide bonds. The molecule has 4 rings (SSSR count). The van der Waals surface area contributed by atoms with Gasteiger partial charge in [0.25, 0.3) is 11.6 Å². The van der Waals surface area contributed by atoms with Gasteiger partial charge < -0.3 is 10.1 Å². The van der Waals surface area contributed by atoms with Gasteiger partial charge in [-0.05, 0) is 29.8 Å². The highest BCUT2D eigenvalue weighted by Gasteiger charge is 2.19. The van der Waals surface area contributed by atoms with Gasteiger partial charge in [0, 0.05) is 35.5 Å². The Balaban J connectivity index is 1.39. The summed E-state index contributed by atoms with van der Waals surface area (Å²) in [6, 6.07) is 12.3. The average molecular weight is 500 g/mol. The van der Waals surface area contributed by atoms with Gasteiger partial charge in [0.2, 0.25) is 0 Å². The van der Waals surface area contributed by atoms with Crippen molar-refractivity contribution in [3.8, 4) is 5.75 Å². The second-order valence-electron chi connectivity index (χ2n) is 7.57. The van der Waals surface area contributed by atoms with E-state index in [0.29, 0.717) is 11.3 Å². The predicted molar refractivity (Wildman–Crippen MR) is 119 cm³/mol. The number of nitrogens with one attached hydrogen (secondary N) is 1. The van der Waals surface area contributed by atoms with Gasteiger partial charge in [-0.2, -0.15) is 5.10 Å². The fourth-order valence-corrected chi connectivity index (χ4v) is 3.26. The second kappa shape index (κ2) is 10.3. The number of halogens is 4. The van der Waals surface area contributed by atoms with Crippen molar-refractivity contribution in [2.75, 3.05) is 5.32 Å². The van der Waals surface area contributed by atoms with Crippen LogP contribution < -0.4 is 10.1 Å². The lowest BCUT2D eigenvalue weighted by atomic mass is 10.1. The van der Waals surface area contributed by atoms with Crippen molar-refractivity contribution in [2.24, 2.45) is 0 Å². The van der Waals surface area contributed by atoms with Crippen LogP contribution in [-0.4, -0.2) is 20.6 Å². The number of non-ortho nitro benzene ring substituents is 1. The van der Waals surface area contributed by atoms with Crippen LogP contribution >= 0.6 is 0 Å². The monoisotopic (exact) mass is 500 g/mol. The van der Waals surface area contributed by atoms with Crippen LogP contribution in [0.1, 0.15) is 21.5 Å². The van der Waals surface area contributed by atoms with Gasteiger partial charge in [0.1, 0.15) is 18.2 Å². The summed E-state index contributed by atoms with van der Waals surface area (Å²) in [7, 11) is 0. The molecule has 0 aliphatic rings. The van der Waals surface area contributed by atoms with Crippen LogP contribution in [-0.2, 0) is 13.2 Å². The van der Waals surface area contributed by atoms with Crippen molar-refractivity contribution in [3.05, 3.63) is 117 Å². The molecule has 0 unspecified atom stereocenters. The van der Waals surface area contributed by atoms with E-state index in [0.717, 1.165) is 4.68 Å². The average Bonchev–Trinajstić information content (AvgIpc) is 3.31. The molecule has 36 heavy (non-hydrogen) atoms. The molecule has 184 valence electrons. The summed E-state index contributed by atoms with van der Waals surface area (Å²) < 4.78 is 61.0. The van der Waals surface area contributed by atoms with Crippen molar-refractivity contribution in [1.82, 2.24) is 9.78 Å². The van der Waals surface area contributed by atoms with Crippen molar-refractivity contribution < 1.29 is 32.0 Å². The second-order valence-corrected chi connectivity index (χ2v) is 7.57. The highest BCUT2D eigenvalue weighted by molar-refractivity contribution is 6.04. The molecule has 0 atom stereocenters. The third-order valence-electron chi connectivity index (χ3n) is 5.06. The Morgan fingerprint density at radius 3 is 2.50 bits per heavy atom. The van der Waals surface area contributed by atoms with Crippen LogP contribution in [0.25, 0.3) is 0 Å². The van der Waals surface area contributed by atoms with Crippen molar-refractivity contribution >= 4 is 17.3 Å². The standard InChI is InChI=1S/C24H16F4N4O4/c25-20-9-21(26)23(28)22(27)19(20)12-31-11-16(10-29-31)30-24(33)15-3-1-2-14(8-15)13-36-18-6-4-17(5-7-18)32(34)35/h1-11H,12-13H2,(H,30,33). The molecule has 12 heteroatoms. The first-order valence-electron chi connectivity index (χ1n) is 10.3. The number of nitro groups is 1. The van der Waals surface area contributed by atoms with Crippen molar-refractivity contribution in [3.63, 3.8) is 0 Å². The zero-order valence-corrected chi connectivity index (χ0v) is 18.3. The maximum absolute atomic E-state index is 13.9. The normalized spacial score (nSPS) is 10.8. The summed E-state index contributed by atoms with van der Waals surface area (Å²) in [4.78, 5) is 22.8. The predicted octanol–water partition coefficient (Wildman–Crippen LogP) is 5.23. The molecule has 0 aliphatic carbocycles. The molecule has 1 N–H and O–H groups in total. The summed E-state index contributed by atoms with van der Waals surface area (Å²) in [6.45, 7) is -0.428. The zero-order chi connectivity index (χ0) is 25.8. The SMILES string of the molecule is O=C(Nc1cnn(Cc2c(F)cc(F)c(F)c2F)c1)c1cccc(COc2ccc([N+](=O)[O-])cc2)c1. The quantitative estimate of drug-likeness (QED) is 0.118. The molecule has 0 fully saturated rings. The number of nitro benzene ring substituents is 1. The minimum Gasteiger partial charge on any atom is -0.489 e. The van der Waals surface area contributed by atoms with Crippen LogP contribution in [0.5, 0.6) is 5.75 Å². The minimum absolute atomic E-state index is 0.0653. The van der Waals surface area contributed by atoms with E-state index in [4.69, 9.17) is 4.74 Å². The molecule has 0 saturated carbocycles. The number of benzene rings is 3. The Labute approximate surface area is 200 Å². The molecule has 0 aliphatic heterocycles. The lowest BCUT2D eigenvalue weighted by Gasteiger charge is -2.08. The van der Waals surface area contributed by atoms with Gasteiger partial charge in [-0.25, -0.2) is 17.6 Å². The minimum atomic E-state index is -1.79. The number of hydrogen-bond donors (Lipinski definition) is 1. The Hall–Kier alpha value is -4.74. The number of carbonyl (C=O) groups excluding carboxylic acids is 1. The van der Waals surface area contributed by atoms with Crippen molar-refractivity contribution in [2.45, 2.75) is 13.2 Å². The Kier molecular flexibility index (Phi) is 6.95. The summed E-state index contributed by atoms with van der Waals surface area (Å²) in [6.07, 6.45) is 2.51. The molecular formula is C24H16F4N4O4. The van der Waals surface area contributed by atoms with E-state index >= 15 is 0 Å². The van der Waals surface area contributed by atoms with Crippen LogP contribution in [0.4, 0.5) is 28.9 Å². The first kappa shape index (κ1) is 24.4. The van der Waals surface area contributed by atoms with Gasteiger partial charge in [-0.3, -0.25) is 19.6 Å². The van der Waals surface area contributed by atoms with E-state index in [1.807, 2.05) is 0 Å². The fraction of sp³-hybridized carbons (Fsp3) is 0.0833. The molecule has 3 aromatic carbocycles. The molecule has 1 heterocycles. The number of nitrogens with zero attached hydrogens (tertiary/aromatic N) is 3. The number of aromatic nitrogens is 2. The molecule has 0 radical (unpaired) electrons. The maximum atomic E-state index is 13.9. The summed E-state index contributed by atoms with van der Waals surface area (Å²) in [5.41, 5.74) is 0.363. The lowest BCUT2D eigenvalue weighted by molar-refractivity contribution is -0.384. The van der Waals surface area contributed by atoms with Crippen LogP contribution in [0.15, 0.2) is 67.0 Å². The highest BCUT2D eigenvalue weighted by atomic mass is 19.2. The first-order chi connectivity index (χ1) is 17.2. The Morgan fingerprint density at radius 2 is 1.78 bits per heavy atom. The molecule has 4 aromatic rings. The summed E-state index contributed by atoms with van der Waals surface area (Å²) in [5, 5.41) is 17.2. The number of ether oxygens (including phenoxy) is 1. The highest BCUT2D eigenvalue weighted by Crippen LogP contribution is 2.21. The number of carbonyl (C=O) groups is 1. The van der Waals surface area contributed by atoms with E-state index in [1.54, 1.807) is 24.3 Å². The van der Waals surface area contributed by atoms with Gasteiger partial charge in [-0.1, -0.05) is 12.1 Å². The fourth-order valence-electron chi connectivity index (χ4n) is 3.26. The summed E-state index contributed by atoms with van der Waals surface area (Å²) >= 11 is 0. The Morgan fingerprint density at radius 1 is 1.03 bits per heavy atom. The lowest BCUT2D eigenvalue weighted by Crippen LogP contribution is -2.12. The molecular weight excluding hydrogens is 484 g/mol. The molecule has 0 saturated heterocycles. The largest absolute Gasteiger partial charge is 0.489 e. The first-order valence-corrected chi connectivity index (χ1v) is 10.3. The van der Waals surface area contributed by atoms with E-state index in [2.05, 4.69) is 10.4 Å². The molecule has 8 nitrogen and oxygen atoms in total. The van der Waals surface area contributed by atoms with E-state index < -0.39 is 46.2 Å². The van der Waals surface area contributed by atoms with Gasteiger partial charge in [-0.15, -0.1) is 0 Å². The van der Waals surface area contributed by atoms with Crippen LogP contribution in [0.2, 0.25) is 0 Å².